The fourth-order valence-electron chi connectivity index (χ4n) is 2.28. The molecule has 18 heavy (non-hydrogen) atoms. The van der Waals surface area contributed by atoms with E-state index in [9.17, 15) is 0 Å². The maximum absolute atomic E-state index is 6.01. The highest BCUT2D eigenvalue weighted by molar-refractivity contribution is 9.11. The third kappa shape index (κ3) is 3.62. The van der Waals surface area contributed by atoms with Crippen LogP contribution in [-0.4, -0.2) is 30.6 Å². The average molecular weight is 397 g/mol. The number of halogens is 3. The number of likely N-dealkylation sites (tertiary alicyclic amines) is 1. The monoisotopic (exact) mass is 394 g/mol. The zero-order valence-corrected chi connectivity index (χ0v) is 14.3. The van der Waals surface area contributed by atoms with Gasteiger partial charge in [-0.15, -0.1) is 0 Å². The minimum atomic E-state index is 0.543. The number of rotatable bonds is 3. The predicted octanol–water partition coefficient (Wildman–Crippen LogP) is 4.76. The lowest BCUT2D eigenvalue weighted by molar-refractivity contribution is 0.229. The van der Waals surface area contributed by atoms with Crippen molar-refractivity contribution in [3.63, 3.8) is 0 Å². The first-order valence-corrected chi connectivity index (χ1v) is 8.20. The molecule has 0 unspecified atom stereocenters. The van der Waals surface area contributed by atoms with E-state index in [2.05, 4.69) is 49.0 Å². The van der Waals surface area contributed by atoms with Crippen molar-refractivity contribution in [3.8, 4) is 0 Å². The second kappa shape index (κ2) is 6.60. The molecule has 2 rings (SSSR count). The Morgan fingerprint density at radius 3 is 2.33 bits per heavy atom. The topological polar surface area (TPSA) is 15.3 Å². The first-order valence-electron chi connectivity index (χ1n) is 6.23. The van der Waals surface area contributed by atoms with Crippen LogP contribution in [0.5, 0.6) is 0 Å². The molecule has 0 saturated carbocycles. The van der Waals surface area contributed by atoms with Gasteiger partial charge in [0.25, 0.3) is 0 Å². The van der Waals surface area contributed by atoms with Crippen LogP contribution in [0.15, 0.2) is 21.1 Å². The Morgan fingerprint density at radius 1 is 1.28 bits per heavy atom. The summed E-state index contributed by atoms with van der Waals surface area (Å²) >= 11 is 13.1. The normalized spacial score (nSPS) is 18.0. The largest absolute Gasteiger partial charge is 0.380 e. The molecule has 1 aliphatic heterocycles. The number of nitrogens with one attached hydrogen (secondary N) is 1. The fourth-order valence-corrected chi connectivity index (χ4v) is 4.17. The minimum Gasteiger partial charge on any atom is -0.380 e. The Hall–Kier alpha value is 0.230. The lowest BCUT2D eigenvalue weighted by atomic mass is 10.0. The first-order chi connectivity index (χ1) is 8.60. The summed E-state index contributed by atoms with van der Waals surface area (Å²) in [5.74, 6) is 0. The number of hydrogen-bond donors (Lipinski definition) is 1. The Labute approximate surface area is 130 Å². The van der Waals surface area contributed by atoms with E-state index in [0.717, 1.165) is 26.2 Å². The van der Waals surface area contributed by atoms with Crippen molar-refractivity contribution in [1.82, 2.24) is 4.90 Å². The van der Waals surface area contributed by atoms with Gasteiger partial charge in [0.05, 0.1) is 5.69 Å². The Morgan fingerprint density at radius 2 is 1.83 bits per heavy atom. The van der Waals surface area contributed by atoms with Crippen LogP contribution >= 0.6 is 43.5 Å². The van der Waals surface area contributed by atoms with Crippen molar-refractivity contribution in [2.24, 2.45) is 0 Å². The molecule has 1 N–H and O–H groups in total. The van der Waals surface area contributed by atoms with E-state index in [1.165, 1.54) is 25.9 Å². The molecule has 1 aromatic carbocycles. The highest BCUT2D eigenvalue weighted by atomic mass is 79.9. The molecular weight excluding hydrogens is 379 g/mol. The fraction of sp³-hybridized carbons (Fsp3) is 0.538. The zero-order valence-electron chi connectivity index (χ0n) is 10.3. The van der Waals surface area contributed by atoms with Gasteiger partial charge < -0.3 is 10.2 Å². The van der Waals surface area contributed by atoms with Gasteiger partial charge in [0.2, 0.25) is 0 Å². The lowest BCUT2D eigenvalue weighted by Gasteiger charge is -2.32. The summed E-state index contributed by atoms with van der Waals surface area (Å²) in [6.45, 7) is 5.73. The first kappa shape index (κ1) is 14.6. The van der Waals surface area contributed by atoms with E-state index in [1.54, 1.807) is 0 Å². The number of benzene rings is 1. The lowest BCUT2D eigenvalue weighted by Crippen LogP contribution is -2.38. The molecule has 0 aromatic heterocycles. The van der Waals surface area contributed by atoms with Gasteiger partial charge in [0, 0.05) is 33.1 Å². The number of piperidine rings is 1. The molecule has 0 atom stereocenters. The van der Waals surface area contributed by atoms with Crippen molar-refractivity contribution >= 4 is 49.1 Å². The van der Waals surface area contributed by atoms with Crippen LogP contribution in [0.3, 0.4) is 0 Å². The molecule has 0 radical (unpaired) electrons. The van der Waals surface area contributed by atoms with Crippen LogP contribution in [0.1, 0.15) is 19.8 Å². The van der Waals surface area contributed by atoms with Gasteiger partial charge in [-0.25, -0.2) is 0 Å². The van der Waals surface area contributed by atoms with Crippen molar-refractivity contribution < 1.29 is 0 Å². The van der Waals surface area contributed by atoms with Crippen LogP contribution < -0.4 is 5.32 Å². The Bertz CT molecular complexity index is 394. The molecule has 1 fully saturated rings. The van der Waals surface area contributed by atoms with E-state index >= 15 is 0 Å². The summed E-state index contributed by atoms with van der Waals surface area (Å²) in [7, 11) is 0. The van der Waals surface area contributed by atoms with E-state index < -0.39 is 0 Å². The summed E-state index contributed by atoms with van der Waals surface area (Å²) in [5.41, 5.74) is 1.11. The minimum absolute atomic E-state index is 0.543. The highest BCUT2D eigenvalue weighted by Gasteiger charge is 2.19. The molecule has 100 valence electrons. The van der Waals surface area contributed by atoms with E-state index in [4.69, 9.17) is 11.6 Å². The van der Waals surface area contributed by atoms with Gasteiger partial charge in [0.1, 0.15) is 0 Å². The van der Waals surface area contributed by atoms with Crippen LogP contribution in [0.2, 0.25) is 5.02 Å². The van der Waals surface area contributed by atoms with Crippen LogP contribution in [0.25, 0.3) is 0 Å². The molecule has 2 nitrogen and oxygen atoms in total. The zero-order chi connectivity index (χ0) is 13.1. The summed E-state index contributed by atoms with van der Waals surface area (Å²) in [5, 5.41) is 4.35. The predicted molar refractivity (Wildman–Crippen MR) is 85.6 cm³/mol. The molecular formula is C13H17Br2ClN2. The third-order valence-electron chi connectivity index (χ3n) is 3.39. The highest BCUT2D eigenvalue weighted by Crippen LogP contribution is 2.35. The second-order valence-corrected chi connectivity index (χ2v) is 6.74. The van der Waals surface area contributed by atoms with Crippen molar-refractivity contribution in [1.29, 1.82) is 0 Å². The summed E-state index contributed by atoms with van der Waals surface area (Å²) in [4.78, 5) is 2.49. The van der Waals surface area contributed by atoms with E-state index in [-0.39, 0.29) is 0 Å². The van der Waals surface area contributed by atoms with Crippen molar-refractivity contribution in [2.75, 3.05) is 25.0 Å². The second-order valence-electron chi connectivity index (χ2n) is 4.60. The van der Waals surface area contributed by atoms with Gasteiger partial charge in [-0.2, -0.15) is 0 Å². The quantitative estimate of drug-likeness (QED) is 0.792. The standard InChI is InChI=1S/C13H17Br2ClN2/c1-2-18-5-3-10(4-6-18)17-13-11(14)7-9(16)8-12(13)15/h7-8,10,17H,2-6H2,1H3. The average Bonchev–Trinajstić information content (AvgIpc) is 2.34. The number of hydrogen-bond acceptors (Lipinski definition) is 2. The van der Waals surface area contributed by atoms with Crippen LogP contribution in [0.4, 0.5) is 5.69 Å². The SMILES string of the molecule is CCN1CCC(Nc2c(Br)cc(Cl)cc2Br)CC1. The maximum atomic E-state index is 6.01. The smallest absolute Gasteiger partial charge is 0.0632 e. The third-order valence-corrected chi connectivity index (χ3v) is 4.86. The van der Waals surface area contributed by atoms with Gasteiger partial charge in [-0.3, -0.25) is 0 Å². The van der Waals surface area contributed by atoms with E-state index in [0.29, 0.717) is 6.04 Å². The van der Waals surface area contributed by atoms with Crippen molar-refractivity contribution in [3.05, 3.63) is 26.1 Å². The van der Waals surface area contributed by atoms with Crippen LogP contribution in [0, 0.1) is 0 Å². The van der Waals surface area contributed by atoms with Gasteiger partial charge in [-0.1, -0.05) is 18.5 Å². The Kier molecular flexibility index (Phi) is 5.36. The molecule has 0 bridgehead atoms. The Balaban J connectivity index is 2.02. The van der Waals surface area contributed by atoms with Crippen LogP contribution in [-0.2, 0) is 0 Å². The molecule has 1 heterocycles. The van der Waals surface area contributed by atoms with Gasteiger partial charge in [-0.05, 0) is 63.4 Å². The molecule has 5 heteroatoms. The van der Waals surface area contributed by atoms with E-state index in [1.807, 2.05) is 12.1 Å². The summed E-state index contributed by atoms with van der Waals surface area (Å²) in [6, 6.07) is 4.40. The molecule has 0 spiro atoms. The van der Waals surface area contributed by atoms with Gasteiger partial charge in [0.15, 0.2) is 0 Å². The number of anilines is 1. The molecule has 0 amide bonds. The molecule has 1 saturated heterocycles. The van der Waals surface area contributed by atoms with Crippen molar-refractivity contribution in [2.45, 2.75) is 25.8 Å². The summed E-state index contributed by atoms with van der Waals surface area (Å²) < 4.78 is 2.03. The molecule has 1 aliphatic rings. The molecule has 0 aliphatic carbocycles. The summed E-state index contributed by atoms with van der Waals surface area (Å²) in [6.07, 6.45) is 2.38. The molecule has 1 aromatic rings. The maximum Gasteiger partial charge on any atom is 0.0632 e. The number of nitrogens with zero attached hydrogens (tertiary/aromatic N) is 1. The van der Waals surface area contributed by atoms with Gasteiger partial charge >= 0.3 is 0 Å².